The summed E-state index contributed by atoms with van der Waals surface area (Å²) in [6.07, 6.45) is 0.327. The van der Waals surface area contributed by atoms with E-state index in [2.05, 4.69) is 0 Å². The minimum absolute atomic E-state index is 0.0125. The zero-order chi connectivity index (χ0) is 13.5. The van der Waals surface area contributed by atoms with Crippen molar-refractivity contribution in [1.29, 1.82) is 0 Å². The normalized spacial score (nSPS) is 9.89. The summed E-state index contributed by atoms with van der Waals surface area (Å²) in [4.78, 5) is 14.0. The molecule has 4 nitrogen and oxygen atoms in total. The topological polar surface area (TPSA) is 55.6 Å². The van der Waals surface area contributed by atoms with Gasteiger partial charge in [0.15, 0.2) is 0 Å². The number of benzene rings is 1. The smallest absolute Gasteiger partial charge is 0.227 e. The van der Waals surface area contributed by atoms with Gasteiger partial charge >= 0.3 is 0 Å². The molecule has 0 heterocycles. The van der Waals surface area contributed by atoms with Gasteiger partial charge in [-0.1, -0.05) is 24.4 Å². The van der Waals surface area contributed by atoms with Gasteiger partial charge < -0.3 is 15.4 Å². The molecular weight excluding hydrogens is 248 g/mol. The second-order valence-electron chi connectivity index (χ2n) is 3.90. The third-order valence-corrected chi connectivity index (χ3v) is 2.70. The molecule has 1 rings (SSSR count). The van der Waals surface area contributed by atoms with Crippen LogP contribution in [0.5, 0.6) is 5.75 Å². The first kappa shape index (κ1) is 14.4. The highest BCUT2D eigenvalue weighted by molar-refractivity contribution is 7.80. The fraction of sp³-hybridized carbons (Fsp3) is 0.385. The fourth-order valence-corrected chi connectivity index (χ4v) is 1.79. The molecule has 0 aliphatic rings. The average molecular weight is 266 g/mol. The second kappa shape index (κ2) is 6.96. The van der Waals surface area contributed by atoms with Crippen LogP contribution in [0, 0.1) is 0 Å². The SMILES string of the molecule is CCN(CC(N)=S)C(=O)Cc1cccc(OC)c1. The Bertz CT molecular complexity index is 435. The van der Waals surface area contributed by atoms with Crippen LogP contribution in [0.15, 0.2) is 24.3 Å². The van der Waals surface area contributed by atoms with Crippen LogP contribution in [0.25, 0.3) is 0 Å². The van der Waals surface area contributed by atoms with Crippen molar-refractivity contribution >= 4 is 23.1 Å². The lowest BCUT2D eigenvalue weighted by Gasteiger charge is -2.20. The Labute approximate surface area is 113 Å². The molecule has 5 heteroatoms. The Morgan fingerprint density at radius 3 is 2.78 bits per heavy atom. The van der Waals surface area contributed by atoms with Crippen molar-refractivity contribution in [2.24, 2.45) is 5.73 Å². The van der Waals surface area contributed by atoms with Crippen LogP contribution in [0.3, 0.4) is 0 Å². The minimum atomic E-state index is 0.0125. The number of nitrogens with zero attached hydrogens (tertiary/aromatic N) is 1. The molecule has 0 aliphatic heterocycles. The summed E-state index contributed by atoms with van der Waals surface area (Å²) in [5.41, 5.74) is 6.38. The third-order valence-electron chi connectivity index (χ3n) is 2.57. The van der Waals surface area contributed by atoms with Gasteiger partial charge in [-0.05, 0) is 24.6 Å². The number of ether oxygens (including phenoxy) is 1. The van der Waals surface area contributed by atoms with E-state index in [1.54, 1.807) is 12.0 Å². The van der Waals surface area contributed by atoms with Crippen LogP contribution in [0.2, 0.25) is 0 Å². The first-order valence-corrected chi connectivity index (χ1v) is 6.16. The molecule has 0 atom stereocenters. The van der Waals surface area contributed by atoms with Crippen molar-refractivity contribution in [3.8, 4) is 5.75 Å². The summed E-state index contributed by atoms with van der Waals surface area (Å²) < 4.78 is 5.12. The molecule has 1 aromatic carbocycles. The molecule has 0 fully saturated rings. The van der Waals surface area contributed by atoms with Gasteiger partial charge in [-0.15, -0.1) is 0 Å². The second-order valence-corrected chi connectivity index (χ2v) is 4.43. The van der Waals surface area contributed by atoms with Gasteiger partial charge in [0, 0.05) is 6.54 Å². The lowest BCUT2D eigenvalue weighted by atomic mass is 10.1. The van der Waals surface area contributed by atoms with E-state index in [0.29, 0.717) is 24.5 Å². The molecule has 2 N–H and O–H groups in total. The van der Waals surface area contributed by atoms with E-state index >= 15 is 0 Å². The highest BCUT2D eigenvalue weighted by Gasteiger charge is 2.13. The Morgan fingerprint density at radius 2 is 2.22 bits per heavy atom. The van der Waals surface area contributed by atoms with Crippen LogP contribution < -0.4 is 10.5 Å². The van der Waals surface area contributed by atoms with E-state index in [4.69, 9.17) is 22.7 Å². The molecule has 18 heavy (non-hydrogen) atoms. The molecule has 0 saturated heterocycles. The number of hydrogen-bond donors (Lipinski definition) is 1. The van der Waals surface area contributed by atoms with E-state index in [1.165, 1.54) is 0 Å². The summed E-state index contributed by atoms with van der Waals surface area (Å²) in [5.74, 6) is 0.760. The van der Waals surface area contributed by atoms with Crippen LogP contribution in [-0.4, -0.2) is 36.0 Å². The third kappa shape index (κ3) is 4.33. The predicted octanol–water partition coefficient (Wildman–Crippen LogP) is 1.37. The van der Waals surface area contributed by atoms with Crippen LogP contribution >= 0.6 is 12.2 Å². The highest BCUT2D eigenvalue weighted by Crippen LogP contribution is 2.13. The quantitative estimate of drug-likeness (QED) is 0.790. The Hall–Kier alpha value is -1.62. The standard InChI is InChI=1S/C13H18N2O2S/c1-3-15(9-12(14)18)13(16)8-10-5-4-6-11(7-10)17-2/h4-7H,3,8-9H2,1-2H3,(H2,14,18). The fourth-order valence-electron chi connectivity index (χ4n) is 1.63. The molecule has 0 bridgehead atoms. The maximum absolute atomic E-state index is 12.0. The summed E-state index contributed by atoms with van der Waals surface area (Å²) in [6.45, 7) is 2.83. The summed E-state index contributed by atoms with van der Waals surface area (Å²) in [6, 6.07) is 7.47. The number of thiocarbonyl (C=S) groups is 1. The summed E-state index contributed by atoms with van der Waals surface area (Å²) in [7, 11) is 1.60. The van der Waals surface area contributed by atoms with Crippen LogP contribution in [0.4, 0.5) is 0 Å². The number of rotatable bonds is 6. The zero-order valence-corrected chi connectivity index (χ0v) is 11.5. The number of amides is 1. The summed E-state index contributed by atoms with van der Waals surface area (Å²) in [5, 5.41) is 0. The number of likely N-dealkylation sites (N-methyl/N-ethyl adjacent to an activating group) is 1. The maximum atomic E-state index is 12.0. The molecule has 0 aromatic heterocycles. The molecular formula is C13H18N2O2S. The number of nitrogens with two attached hydrogens (primary N) is 1. The van der Waals surface area contributed by atoms with E-state index in [0.717, 1.165) is 11.3 Å². The van der Waals surface area contributed by atoms with Crippen molar-refractivity contribution in [2.75, 3.05) is 20.2 Å². The van der Waals surface area contributed by atoms with E-state index < -0.39 is 0 Å². The van der Waals surface area contributed by atoms with Gasteiger partial charge in [-0.2, -0.15) is 0 Å². The Morgan fingerprint density at radius 1 is 1.50 bits per heavy atom. The van der Waals surface area contributed by atoms with Gasteiger partial charge in [0.25, 0.3) is 0 Å². The number of methoxy groups -OCH3 is 1. The largest absolute Gasteiger partial charge is 0.497 e. The van der Waals surface area contributed by atoms with Crippen molar-refractivity contribution in [3.63, 3.8) is 0 Å². The number of carbonyl (C=O) groups is 1. The van der Waals surface area contributed by atoms with E-state index in [1.807, 2.05) is 31.2 Å². The Balaban J connectivity index is 2.69. The molecule has 0 radical (unpaired) electrons. The van der Waals surface area contributed by atoms with Crippen molar-refractivity contribution in [2.45, 2.75) is 13.3 Å². The average Bonchev–Trinajstić information content (AvgIpc) is 2.35. The monoisotopic (exact) mass is 266 g/mol. The molecule has 0 aliphatic carbocycles. The molecule has 0 saturated carbocycles. The number of hydrogen-bond acceptors (Lipinski definition) is 3. The van der Waals surface area contributed by atoms with Gasteiger partial charge in [0.1, 0.15) is 5.75 Å². The highest BCUT2D eigenvalue weighted by atomic mass is 32.1. The molecule has 0 unspecified atom stereocenters. The molecule has 1 aromatic rings. The van der Waals surface area contributed by atoms with Crippen LogP contribution in [0.1, 0.15) is 12.5 Å². The van der Waals surface area contributed by atoms with Gasteiger partial charge in [-0.3, -0.25) is 4.79 Å². The van der Waals surface area contributed by atoms with Crippen molar-refractivity contribution in [1.82, 2.24) is 4.90 Å². The minimum Gasteiger partial charge on any atom is -0.497 e. The molecule has 1 amide bonds. The van der Waals surface area contributed by atoms with E-state index in [9.17, 15) is 4.79 Å². The maximum Gasteiger partial charge on any atom is 0.227 e. The number of carbonyl (C=O) groups excluding carboxylic acids is 1. The first-order valence-electron chi connectivity index (χ1n) is 5.75. The molecule has 0 spiro atoms. The van der Waals surface area contributed by atoms with Gasteiger partial charge in [0.05, 0.1) is 25.1 Å². The lowest BCUT2D eigenvalue weighted by Crippen LogP contribution is -2.38. The predicted molar refractivity (Wildman–Crippen MR) is 75.7 cm³/mol. The first-order chi connectivity index (χ1) is 8.56. The van der Waals surface area contributed by atoms with Crippen LogP contribution in [-0.2, 0) is 11.2 Å². The molecule has 98 valence electrons. The lowest BCUT2D eigenvalue weighted by molar-refractivity contribution is -0.129. The van der Waals surface area contributed by atoms with Crippen molar-refractivity contribution < 1.29 is 9.53 Å². The van der Waals surface area contributed by atoms with Gasteiger partial charge in [-0.25, -0.2) is 0 Å². The van der Waals surface area contributed by atoms with Gasteiger partial charge in [0.2, 0.25) is 5.91 Å². The zero-order valence-electron chi connectivity index (χ0n) is 10.7. The van der Waals surface area contributed by atoms with E-state index in [-0.39, 0.29) is 5.91 Å². The summed E-state index contributed by atoms with van der Waals surface area (Å²) >= 11 is 4.83. The Kier molecular flexibility index (Phi) is 5.58. The van der Waals surface area contributed by atoms with Crippen molar-refractivity contribution in [3.05, 3.63) is 29.8 Å².